The number of aliphatic hydroxyl groups is 1. The van der Waals surface area contributed by atoms with Gasteiger partial charge in [0.05, 0.1) is 30.2 Å². The second kappa shape index (κ2) is 10.8. The molecule has 3 aromatic heterocycles. The van der Waals surface area contributed by atoms with Crippen LogP contribution in [-0.2, 0) is 11.3 Å². The summed E-state index contributed by atoms with van der Waals surface area (Å²) in [5.74, 6) is 0.198. The fraction of sp³-hybridized carbons (Fsp3) is 0.429. The molecule has 1 aromatic carbocycles. The second-order valence-electron chi connectivity index (χ2n) is 10.6. The number of aromatic nitrogens is 6. The molecule has 2 fully saturated rings. The number of rotatable bonds is 6. The minimum atomic E-state index is -1.13. The molecule has 11 nitrogen and oxygen atoms in total. The number of carbonyl (C=O) groups excluding carboxylic acids is 1. The van der Waals surface area contributed by atoms with Gasteiger partial charge in [0.1, 0.15) is 23.6 Å². The number of fused-ring (bicyclic) bond motifs is 1. The van der Waals surface area contributed by atoms with Crippen molar-refractivity contribution in [1.29, 1.82) is 0 Å². The van der Waals surface area contributed by atoms with Crippen LogP contribution in [0.2, 0.25) is 0 Å². The predicted octanol–water partition coefficient (Wildman–Crippen LogP) is 2.50. The molecule has 0 bridgehead atoms. The highest BCUT2D eigenvalue weighted by Gasteiger charge is 2.37. The highest BCUT2D eigenvalue weighted by molar-refractivity contribution is 5.79. The summed E-state index contributed by atoms with van der Waals surface area (Å²) in [5.41, 5.74) is -0.503. The number of piperidine rings is 1. The molecule has 1 N–H and O–H groups in total. The van der Waals surface area contributed by atoms with E-state index in [4.69, 9.17) is 4.74 Å². The number of amides is 1. The lowest BCUT2D eigenvalue weighted by Gasteiger charge is -2.40. The van der Waals surface area contributed by atoms with E-state index in [9.17, 15) is 19.1 Å². The minimum absolute atomic E-state index is 0.0271. The average molecular weight is 548 g/mol. The summed E-state index contributed by atoms with van der Waals surface area (Å²) in [5, 5.41) is 15.9. The van der Waals surface area contributed by atoms with Gasteiger partial charge in [-0.25, -0.2) is 19.0 Å². The van der Waals surface area contributed by atoms with E-state index in [1.807, 2.05) is 4.90 Å². The molecule has 4 aromatic rings. The lowest BCUT2D eigenvalue weighted by Crippen LogP contribution is -2.51. The first-order valence-electron chi connectivity index (χ1n) is 13.5. The molecule has 0 spiro atoms. The average Bonchev–Trinajstić information content (AvgIpc) is 3.41. The van der Waals surface area contributed by atoms with Gasteiger partial charge in [-0.3, -0.25) is 19.1 Å². The van der Waals surface area contributed by atoms with Gasteiger partial charge in [0, 0.05) is 31.4 Å². The molecule has 2 aliphatic rings. The van der Waals surface area contributed by atoms with Gasteiger partial charge in [0.15, 0.2) is 5.65 Å². The van der Waals surface area contributed by atoms with Gasteiger partial charge in [-0.2, -0.15) is 5.10 Å². The Balaban J connectivity index is 1.05. The predicted molar refractivity (Wildman–Crippen MR) is 142 cm³/mol. The van der Waals surface area contributed by atoms with Gasteiger partial charge < -0.3 is 14.7 Å². The molecule has 1 saturated carbocycles. The van der Waals surface area contributed by atoms with E-state index in [1.165, 1.54) is 33.9 Å². The lowest BCUT2D eigenvalue weighted by molar-refractivity contribution is -0.141. The number of halogens is 1. The van der Waals surface area contributed by atoms with Gasteiger partial charge in [0.25, 0.3) is 5.56 Å². The molecule has 1 amide bonds. The van der Waals surface area contributed by atoms with Gasteiger partial charge in [-0.1, -0.05) is 0 Å². The van der Waals surface area contributed by atoms with Crippen molar-refractivity contribution in [2.75, 3.05) is 13.1 Å². The van der Waals surface area contributed by atoms with Crippen LogP contribution in [-0.4, -0.2) is 70.0 Å². The molecule has 12 heteroatoms. The number of carbonyl (C=O) groups is 1. The Bertz CT molecular complexity index is 1540. The first-order valence-corrected chi connectivity index (χ1v) is 13.5. The first-order chi connectivity index (χ1) is 19.4. The van der Waals surface area contributed by atoms with Crippen molar-refractivity contribution in [3.05, 3.63) is 71.6 Å². The van der Waals surface area contributed by atoms with Crippen molar-refractivity contribution in [2.45, 2.75) is 56.8 Å². The quantitative estimate of drug-likeness (QED) is 0.390. The van der Waals surface area contributed by atoms with Crippen molar-refractivity contribution in [3.8, 4) is 11.6 Å². The Morgan fingerprint density at radius 2 is 1.80 bits per heavy atom. The largest absolute Gasteiger partial charge is 0.473 e. The van der Waals surface area contributed by atoms with Crippen LogP contribution in [0.1, 0.15) is 38.5 Å². The highest BCUT2D eigenvalue weighted by atomic mass is 19.1. The molecule has 0 atom stereocenters. The zero-order valence-corrected chi connectivity index (χ0v) is 21.9. The fourth-order valence-electron chi connectivity index (χ4n) is 5.65. The zero-order chi connectivity index (χ0) is 27.7. The summed E-state index contributed by atoms with van der Waals surface area (Å²) in [6.07, 6.45) is 11.4. The van der Waals surface area contributed by atoms with E-state index in [-0.39, 0.29) is 35.9 Å². The molecular weight excluding hydrogens is 517 g/mol. The van der Waals surface area contributed by atoms with Gasteiger partial charge >= 0.3 is 0 Å². The number of benzene rings is 1. The monoisotopic (exact) mass is 547 g/mol. The maximum Gasteiger partial charge on any atom is 0.264 e. The molecule has 208 valence electrons. The second-order valence-corrected chi connectivity index (χ2v) is 10.6. The number of hydrogen-bond donors (Lipinski definition) is 1. The summed E-state index contributed by atoms with van der Waals surface area (Å²) in [6, 6.07) is 5.76. The maximum atomic E-state index is 13.3. The highest BCUT2D eigenvalue weighted by Crippen LogP contribution is 2.31. The van der Waals surface area contributed by atoms with E-state index < -0.39 is 5.60 Å². The van der Waals surface area contributed by atoms with Crippen molar-refractivity contribution in [2.24, 2.45) is 5.92 Å². The van der Waals surface area contributed by atoms with Crippen molar-refractivity contribution < 1.29 is 19.0 Å². The third kappa shape index (κ3) is 5.31. The van der Waals surface area contributed by atoms with Crippen LogP contribution in [0.25, 0.3) is 16.7 Å². The van der Waals surface area contributed by atoms with E-state index in [1.54, 1.807) is 30.7 Å². The fourth-order valence-corrected chi connectivity index (χ4v) is 5.65. The van der Waals surface area contributed by atoms with Crippen molar-refractivity contribution >= 4 is 16.9 Å². The van der Waals surface area contributed by atoms with Gasteiger partial charge in [0.2, 0.25) is 11.8 Å². The van der Waals surface area contributed by atoms with E-state index in [2.05, 4.69) is 20.1 Å². The zero-order valence-electron chi connectivity index (χ0n) is 21.9. The van der Waals surface area contributed by atoms with Crippen LogP contribution in [0.3, 0.4) is 0 Å². The Kier molecular flexibility index (Phi) is 7.01. The van der Waals surface area contributed by atoms with Crippen LogP contribution in [0.4, 0.5) is 4.39 Å². The summed E-state index contributed by atoms with van der Waals surface area (Å²) < 4.78 is 22.1. The molecule has 0 radical (unpaired) electrons. The molecular formula is C28H30FN7O4. The SMILES string of the molecule is O=c1c2cnn(-c3ccc(F)cc3)c2ncn1CC1(O)CCN(C(=O)[C@H]2CC[C@H](Oc3cnccn3)CC2)CC1. The van der Waals surface area contributed by atoms with Crippen molar-refractivity contribution in [1.82, 2.24) is 34.2 Å². The van der Waals surface area contributed by atoms with E-state index in [0.29, 0.717) is 48.5 Å². The summed E-state index contributed by atoms with van der Waals surface area (Å²) in [6.45, 7) is 0.930. The number of hydrogen-bond acceptors (Lipinski definition) is 8. The third-order valence-corrected chi connectivity index (χ3v) is 7.95. The van der Waals surface area contributed by atoms with Crippen LogP contribution in [0.15, 0.2) is 60.2 Å². The summed E-state index contributed by atoms with van der Waals surface area (Å²) >= 11 is 0. The van der Waals surface area contributed by atoms with Crippen molar-refractivity contribution in [3.63, 3.8) is 0 Å². The number of ether oxygens (including phenoxy) is 1. The Morgan fingerprint density at radius 3 is 2.50 bits per heavy atom. The smallest absolute Gasteiger partial charge is 0.264 e. The number of likely N-dealkylation sites (tertiary alicyclic amines) is 1. The third-order valence-electron chi connectivity index (χ3n) is 7.95. The normalized spacial score (nSPS) is 20.9. The Morgan fingerprint density at radius 1 is 1.05 bits per heavy atom. The van der Waals surface area contributed by atoms with Crippen LogP contribution < -0.4 is 10.3 Å². The summed E-state index contributed by atoms with van der Waals surface area (Å²) in [7, 11) is 0. The van der Waals surface area contributed by atoms with Crippen LogP contribution in [0, 0.1) is 11.7 Å². The first kappa shape index (κ1) is 26.1. The molecule has 6 rings (SSSR count). The molecule has 4 heterocycles. The molecule has 1 aliphatic heterocycles. The summed E-state index contributed by atoms with van der Waals surface area (Å²) in [4.78, 5) is 40.8. The maximum absolute atomic E-state index is 13.3. The van der Waals surface area contributed by atoms with Crippen LogP contribution in [0.5, 0.6) is 5.88 Å². The molecule has 40 heavy (non-hydrogen) atoms. The van der Waals surface area contributed by atoms with Gasteiger partial charge in [-0.15, -0.1) is 0 Å². The molecule has 1 aliphatic carbocycles. The molecule has 1 saturated heterocycles. The van der Waals surface area contributed by atoms with E-state index in [0.717, 1.165) is 25.7 Å². The minimum Gasteiger partial charge on any atom is -0.473 e. The number of nitrogens with zero attached hydrogens (tertiary/aromatic N) is 7. The standard InChI is InChI=1S/C28H30FN7O4/c29-20-3-5-21(6-4-20)36-25-23(15-33-36)27(38)35(18-32-25)17-28(39)9-13-34(14-10-28)26(37)19-1-7-22(8-2-19)40-24-16-30-11-12-31-24/h3-6,11-12,15-16,18-19,22,39H,1-2,7-10,13-14,17H2/t19-,22-. The van der Waals surface area contributed by atoms with E-state index >= 15 is 0 Å². The van der Waals surface area contributed by atoms with Crippen LogP contribution >= 0.6 is 0 Å². The topological polar surface area (TPSA) is 128 Å². The Hall–Kier alpha value is -4.19. The molecule has 0 unspecified atom stereocenters. The lowest BCUT2D eigenvalue weighted by atomic mass is 9.85. The Labute approximate surface area is 229 Å². The van der Waals surface area contributed by atoms with Gasteiger partial charge in [-0.05, 0) is 62.8 Å².